The topological polar surface area (TPSA) is 63.7 Å². The van der Waals surface area contributed by atoms with Crippen molar-refractivity contribution in [2.45, 2.75) is 0 Å². The van der Waals surface area contributed by atoms with Gasteiger partial charge in [0.05, 0.1) is 25.1 Å². The van der Waals surface area contributed by atoms with Crippen LogP contribution in [0.5, 0.6) is 5.88 Å². The number of hydrogen-bond acceptors (Lipinski definition) is 5. The lowest BCUT2D eigenvalue weighted by Gasteiger charge is -2.26. The lowest BCUT2D eigenvalue weighted by Crippen LogP contribution is -2.38. The maximum atomic E-state index is 13.2. The van der Waals surface area contributed by atoms with Gasteiger partial charge in [0.25, 0.3) is 5.91 Å². The number of carbonyl (C=O) groups excluding carboxylic acids is 1. The molecule has 0 radical (unpaired) electrons. The normalized spacial score (nSPS) is 14.9. The standard InChI is InChI=1S/C18H20FN3O3/c19-15-3-1-2-14(12-15)18(23)21-16-4-5-17(20-13-16)25-11-8-22-6-9-24-10-7-22/h1-5,12-13H,6-11H2,(H,21,23). The average Bonchev–Trinajstić information content (AvgIpc) is 2.64. The first-order valence-electron chi connectivity index (χ1n) is 8.16. The predicted octanol–water partition coefficient (Wildman–Crippen LogP) is 2.18. The highest BCUT2D eigenvalue weighted by atomic mass is 19.1. The number of morpholine rings is 1. The van der Waals surface area contributed by atoms with E-state index in [1.165, 1.54) is 24.4 Å². The van der Waals surface area contributed by atoms with Crippen molar-refractivity contribution in [1.29, 1.82) is 0 Å². The van der Waals surface area contributed by atoms with Gasteiger partial charge >= 0.3 is 0 Å². The summed E-state index contributed by atoms with van der Waals surface area (Å²) in [4.78, 5) is 18.5. The first-order chi connectivity index (χ1) is 12.2. The molecule has 0 aliphatic carbocycles. The molecule has 1 amide bonds. The van der Waals surface area contributed by atoms with Crippen LogP contribution in [0.25, 0.3) is 0 Å². The number of halogens is 1. The largest absolute Gasteiger partial charge is 0.476 e. The maximum absolute atomic E-state index is 13.2. The van der Waals surface area contributed by atoms with Crippen molar-refractivity contribution in [3.8, 4) is 5.88 Å². The van der Waals surface area contributed by atoms with E-state index < -0.39 is 5.82 Å². The molecule has 1 aliphatic heterocycles. The SMILES string of the molecule is O=C(Nc1ccc(OCCN2CCOCC2)nc1)c1cccc(F)c1. The predicted molar refractivity (Wildman–Crippen MR) is 91.3 cm³/mol. The summed E-state index contributed by atoms with van der Waals surface area (Å²) in [5, 5.41) is 2.67. The second-order valence-corrected chi connectivity index (χ2v) is 5.65. The Balaban J connectivity index is 1.47. The number of ether oxygens (including phenoxy) is 2. The van der Waals surface area contributed by atoms with Crippen molar-refractivity contribution in [3.63, 3.8) is 0 Å². The average molecular weight is 345 g/mol. The van der Waals surface area contributed by atoms with Gasteiger partial charge in [-0.3, -0.25) is 9.69 Å². The molecule has 132 valence electrons. The quantitative estimate of drug-likeness (QED) is 0.869. The van der Waals surface area contributed by atoms with E-state index in [1.807, 2.05) is 0 Å². The number of hydrogen-bond donors (Lipinski definition) is 1. The van der Waals surface area contributed by atoms with Crippen LogP contribution in [0.3, 0.4) is 0 Å². The summed E-state index contributed by atoms with van der Waals surface area (Å²) in [6.45, 7) is 4.73. The Labute approximate surface area is 145 Å². The molecule has 0 unspecified atom stereocenters. The Kier molecular flexibility index (Phi) is 5.92. The number of aromatic nitrogens is 1. The monoisotopic (exact) mass is 345 g/mol. The van der Waals surface area contributed by atoms with Crippen LogP contribution >= 0.6 is 0 Å². The molecule has 25 heavy (non-hydrogen) atoms. The van der Waals surface area contributed by atoms with Gasteiger partial charge in [0, 0.05) is 31.3 Å². The van der Waals surface area contributed by atoms with E-state index in [4.69, 9.17) is 9.47 Å². The minimum Gasteiger partial charge on any atom is -0.476 e. The van der Waals surface area contributed by atoms with Crippen LogP contribution < -0.4 is 10.1 Å². The Hall–Kier alpha value is -2.51. The molecule has 1 aromatic heterocycles. The molecule has 1 N–H and O–H groups in total. The first-order valence-corrected chi connectivity index (χ1v) is 8.16. The minimum atomic E-state index is -0.449. The van der Waals surface area contributed by atoms with Gasteiger partial charge in [0.1, 0.15) is 12.4 Å². The minimum absolute atomic E-state index is 0.255. The van der Waals surface area contributed by atoms with Crippen molar-refractivity contribution in [2.75, 3.05) is 44.8 Å². The highest BCUT2D eigenvalue weighted by Crippen LogP contribution is 2.13. The molecule has 2 aromatic rings. The number of pyridine rings is 1. The Morgan fingerprint density at radius 2 is 2.12 bits per heavy atom. The van der Waals surface area contributed by atoms with E-state index >= 15 is 0 Å². The molecule has 2 heterocycles. The zero-order valence-electron chi connectivity index (χ0n) is 13.8. The number of amides is 1. The maximum Gasteiger partial charge on any atom is 0.255 e. The van der Waals surface area contributed by atoms with Crippen LogP contribution in [0.15, 0.2) is 42.6 Å². The van der Waals surface area contributed by atoms with Crippen molar-refractivity contribution in [3.05, 3.63) is 54.0 Å². The lowest BCUT2D eigenvalue weighted by molar-refractivity contribution is 0.0320. The van der Waals surface area contributed by atoms with Gasteiger partial charge in [-0.15, -0.1) is 0 Å². The highest BCUT2D eigenvalue weighted by molar-refractivity contribution is 6.04. The van der Waals surface area contributed by atoms with Crippen LogP contribution in [0.4, 0.5) is 10.1 Å². The second-order valence-electron chi connectivity index (χ2n) is 5.65. The molecule has 1 aliphatic rings. The number of nitrogens with zero attached hydrogens (tertiary/aromatic N) is 2. The third kappa shape index (κ3) is 5.23. The molecule has 0 spiro atoms. The van der Waals surface area contributed by atoms with Crippen molar-refractivity contribution in [2.24, 2.45) is 0 Å². The van der Waals surface area contributed by atoms with Gasteiger partial charge in [-0.2, -0.15) is 0 Å². The summed E-state index contributed by atoms with van der Waals surface area (Å²) < 4.78 is 24.1. The Bertz CT molecular complexity index is 703. The van der Waals surface area contributed by atoms with Crippen molar-refractivity contribution < 1.29 is 18.7 Å². The van der Waals surface area contributed by atoms with Crippen LogP contribution in [0, 0.1) is 5.82 Å². The van der Waals surface area contributed by atoms with Gasteiger partial charge in [-0.05, 0) is 24.3 Å². The van der Waals surface area contributed by atoms with E-state index in [9.17, 15) is 9.18 Å². The highest BCUT2D eigenvalue weighted by Gasteiger charge is 2.10. The smallest absolute Gasteiger partial charge is 0.255 e. The lowest BCUT2D eigenvalue weighted by atomic mass is 10.2. The molecule has 0 bridgehead atoms. The molecule has 3 rings (SSSR count). The number of anilines is 1. The van der Waals surface area contributed by atoms with Crippen molar-refractivity contribution >= 4 is 11.6 Å². The van der Waals surface area contributed by atoms with Crippen LogP contribution in [-0.2, 0) is 4.74 Å². The zero-order chi connectivity index (χ0) is 17.5. The molecular formula is C18H20FN3O3. The van der Waals surface area contributed by atoms with E-state index in [1.54, 1.807) is 18.2 Å². The number of carbonyl (C=O) groups is 1. The van der Waals surface area contributed by atoms with E-state index in [2.05, 4.69) is 15.2 Å². The first kappa shape index (κ1) is 17.3. The Morgan fingerprint density at radius 3 is 2.84 bits per heavy atom. The van der Waals surface area contributed by atoms with E-state index in [0.29, 0.717) is 18.2 Å². The number of nitrogens with one attached hydrogen (secondary N) is 1. The van der Waals surface area contributed by atoms with Crippen LogP contribution in [0.1, 0.15) is 10.4 Å². The molecule has 7 heteroatoms. The van der Waals surface area contributed by atoms with Crippen LogP contribution in [0.2, 0.25) is 0 Å². The second kappa shape index (κ2) is 8.55. The van der Waals surface area contributed by atoms with E-state index in [-0.39, 0.29) is 11.5 Å². The van der Waals surface area contributed by atoms with Gasteiger partial charge in [0.2, 0.25) is 5.88 Å². The molecule has 6 nitrogen and oxygen atoms in total. The molecule has 1 saturated heterocycles. The third-order valence-electron chi connectivity index (χ3n) is 3.84. The Morgan fingerprint density at radius 1 is 1.28 bits per heavy atom. The molecular weight excluding hydrogens is 325 g/mol. The number of benzene rings is 1. The molecule has 1 fully saturated rings. The van der Waals surface area contributed by atoms with Gasteiger partial charge in [-0.25, -0.2) is 9.37 Å². The zero-order valence-corrected chi connectivity index (χ0v) is 13.8. The van der Waals surface area contributed by atoms with E-state index in [0.717, 1.165) is 32.8 Å². The van der Waals surface area contributed by atoms with Gasteiger partial charge in [0.15, 0.2) is 0 Å². The summed E-state index contributed by atoms with van der Waals surface area (Å²) in [6, 6.07) is 8.92. The fraction of sp³-hybridized carbons (Fsp3) is 0.333. The fourth-order valence-corrected chi connectivity index (χ4v) is 2.48. The molecule has 0 saturated carbocycles. The summed E-state index contributed by atoms with van der Waals surface area (Å²) in [5.74, 6) is -0.339. The van der Waals surface area contributed by atoms with Gasteiger partial charge in [-0.1, -0.05) is 6.07 Å². The van der Waals surface area contributed by atoms with Crippen molar-refractivity contribution in [1.82, 2.24) is 9.88 Å². The summed E-state index contributed by atoms with van der Waals surface area (Å²) in [7, 11) is 0. The molecule has 0 atom stereocenters. The third-order valence-corrected chi connectivity index (χ3v) is 3.84. The van der Waals surface area contributed by atoms with Crippen LogP contribution in [-0.4, -0.2) is 55.2 Å². The summed E-state index contributed by atoms with van der Waals surface area (Å²) in [6.07, 6.45) is 1.52. The fourth-order valence-electron chi connectivity index (χ4n) is 2.48. The van der Waals surface area contributed by atoms with Gasteiger partial charge < -0.3 is 14.8 Å². The molecule has 1 aromatic carbocycles. The summed E-state index contributed by atoms with van der Waals surface area (Å²) in [5.41, 5.74) is 0.778. The summed E-state index contributed by atoms with van der Waals surface area (Å²) >= 11 is 0. The number of rotatable bonds is 6.